The van der Waals surface area contributed by atoms with Crippen molar-refractivity contribution in [2.24, 2.45) is 0 Å². The van der Waals surface area contributed by atoms with Crippen LogP contribution in [0.4, 0.5) is 11.6 Å². The number of nitrogens with one attached hydrogen (secondary N) is 2. The minimum Gasteiger partial charge on any atom is -0.488 e. The molecule has 2 aliphatic heterocycles. The summed E-state index contributed by atoms with van der Waals surface area (Å²) in [6.45, 7) is 27.7. The first kappa shape index (κ1) is 38.3. The van der Waals surface area contributed by atoms with Crippen LogP contribution in [-0.4, -0.2) is 39.6 Å². The molecule has 8 nitrogen and oxygen atoms in total. The lowest BCUT2D eigenvalue weighted by molar-refractivity contribution is 0.316. The third kappa shape index (κ3) is 10.8. The van der Waals surface area contributed by atoms with Gasteiger partial charge in [-0.05, 0) is 65.5 Å². The molecule has 0 aromatic carbocycles. The lowest BCUT2D eigenvalue weighted by atomic mass is 9.94. The maximum Gasteiger partial charge on any atom is 0.246 e. The van der Waals surface area contributed by atoms with Crippen molar-refractivity contribution in [1.82, 2.24) is 19.9 Å². The van der Waals surface area contributed by atoms with Crippen LogP contribution >= 0.6 is 0 Å². The van der Waals surface area contributed by atoms with Gasteiger partial charge in [-0.2, -0.15) is 0 Å². The fraction of sp³-hybridized carbons (Fsp3) is 0.556. The molecule has 0 radical (unpaired) electrons. The van der Waals surface area contributed by atoms with Crippen LogP contribution in [0.2, 0.25) is 0 Å². The Morgan fingerprint density at radius 1 is 0.636 bits per heavy atom. The Morgan fingerprint density at radius 2 is 1.18 bits per heavy atom. The number of rotatable bonds is 3. The summed E-state index contributed by atoms with van der Waals surface area (Å²) >= 11 is 0. The smallest absolute Gasteiger partial charge is 0.246 e. The average Bonchev–Trinajstić information content (AvgIpc) is 3.57. The van der Waals surface area contributed by atoms with E-state index in [-0.39, 0.29) is 0 Å². The zero-order valence-electron chi connectivity index (χ0n) is 29.4. The van der Waals surface area contributed by atoms with Gasteiger partial charge in [0.2, 0.25) is 5.71 Å². The molecule has 2 aliphatic rings. The molecule has 6 heterocycles. The Labute approximate surface area is 266 Å². The van der Waals surface area contributed by atoms with Gasteiger partial charge >= 0.3 is 0 Å². The van der Waals surface area contributed by atoms with Crippen LogP contribution in [-0.2, 0) is 6.42 Å². The molecule has 244 valence electrons. The lowest BCUT2D eigenvalue weighted by Crippen LogP contribution is -2.20. The molecule has 6 rings (SSSR count). The van der Waals surface area contributed by atoms with Gasteiger partial charge in [-0.1, -0.05) is 83.1 Å². The Hall–Kier alpha value is -3.68. The summed E-state index contributed by atoms with van der Waals surface area (Å²) in [4.78, 5) is 16.7. The molecule has 0 amide bonds. The van der Waals surface area contributed by atoms with E-state index in [1.807, 2.05) is 66.1 Å². The summed E-state index contributed by atoms with van der Waals surface area (Å²) in [5, 5.41) is 6.57. The highest BCUT2D eigenvalue weighted by Crippen LogP contribution is 2.33. The number of hydrogen-bond acceptors (Lipinski definition) is 8. The Balaban J connectivity index is 0.000000304. The first-order valence-electron chi connectivity index (χ1n) is 16.6. The summed E-state index contributed by atoms with van der Waals surface area (Å²) < 4.78 is 10.7. The third-order valence-corrected chi connectivity index (χ3v) is 6.70. The molecule has 44 heavy (non-hydrogen) atoms. The second kappa shape index (κ2) is 21.1. The molecule has 0 fully saturated rings. The number of nitrogens with zero attached hydrogens (tertiary/aromatic N) is 4. The molecule has 0 atom stereocenters. The van der Waals surface area contributed by atoms with E-state index in [1.165, 1.54) is 41.5 Å². The Morgan fingerprint density at radius 3 is 1.82 bits per heavy atom. The van der Waals surface area contributed by atoms with Crippen molar-refractivity contribution in [2.75, 3.05) is 30.3 Å². The van der Waals surface area contributed by atoms with E-state index in [1.54, 1.807) is 6.20 Å². The molecule has 0 aliphatic carbocycles. The van der Waals surface area contributed by atoms with E-state index < -0.39 is 0 Å². The van der Waals surface area contributed by atoms with E-state index in [0.717, 1.165) is 42.6 Å². The summed E-state index contributed by atoms with van der Waals surface area (Å²) in [5.41, 5.74) is 6.82. The van der Waals surface area contributed by atoms with Crippen LogP contribution in [0.3, 0.4) is 0 Å². The maximum absolute atomic E-state index is 5.59. The van der Waals surface area contributed by atoms with Gasteiger partial charge in [0.05, 0.1) is 6.54 Å². The topological polar surface area (TPSA) is 98.0 Å². The number of oxazole rings is 1. The standard InChI is InChI=1S/C11H16N2.C10H14N2O.C9H10N2O.3C2H6/c1-8(2)9-5-7-13-11-10(9)4-3-6-12-11;1-7(2)8-3-4-11-10-9(8)13-6-5-12-10;1-6(2)7-3-4-10-9-8(7)11-5-12-9;3*1-2/h5,7-8H,3-4,6H2,1-2H3,(H,12,13);3-4,7H,5-6H2,1-2H3,(H,11,12);3-6H,1-2H3;3*1-2H3. The van der Waals surface area contributed by atoms with Gasteiger partial charge in [0, 0.05) is 30.7 Å². The van der Waals surface area contributed by atoms with E-state index in [4.69, 9.17) is 9.15 Å². The molecule has 4 aromatic heterocycles. The molecule has 0 spiro atoms. The second-order valence-electron chi connectivity index (χ2n) is 10.5. The summed E-state index contributed by atoms with van der Waals surface area (Å²) in [7, 11) is 0. The van der Waals surface area contributed by atoms with Crippen LogP contribution in [0.15, 0.2) is 47.6 Å². The second-order valence-corrected chi connectivity index (χ2v) is 10.5. The van der Waals surface area contributed by atoms with E-state index in [2.05, 4.69) is 78.2 Å². The predicted molar refractivity (Wildman–Crippen MR) is 187 cm³/mol. The van der Waals surface area contributed by atoms with E-state index >= 15 is 0 Å². The van der Waals surface area contributed by atoms with Crippen molar-refractivity contribution in [2.45, 2.75) is 114 Å². The molecule has 0 saturated heterocycles. The highest BCUT2D eigenvalue weighted by Gasteiger charge is 2.17. The van der Waals surface area contributed by atoms with Crippen molar-refractivity contribution in [3.05, 3.63) is 65.4 Å². The van der Waals surface area contributed by atoms with Crippen LogP contribution in [0.25, 0.3) is 11.2 Å². The van der Waals surface area contributed by atoms with Crippen molar-refractivity contribution in [3.63, 3.8) is 0 Å². The van der Waals surface area contributed by atoms with Gasteiger partial charge in [0.1, 0.15) is 17.9 Å². The Kier molecular flexibility index (Phi) is 18.4. The first-order chi connectivity index (χ1) is 21.4. The highest BCUT2D eigenvalue weighted by atomic mass is 16.5. The fourth-order valence-corrected chi connectivity index (χ4v) is 4.71. The molecule has 0 bridgehead atoms. The zero-order valence-corrected chi connectivity index (χ0v) is 29.4. The van der Waals surface area contributed by atoms with Gasteiger partial charge in [0.25, 0.3) is 0 Å². The van der Waals surface area contributed by atoms with E-state index in [0.29, 0.717) is 23.5 Å². The minimum atomic E-state index is 0.459. The maximum atomic E-state index is 5.59. The normalized spacial score (nSPS) is 12.3. The third-order valence-electron chi connectivity index (χ3n) is 6.70. The number of pyridine rings is 3. The van der Waals surface area contributed by atoms with Gasteiger partial charge in [-0.25, -0.2) is 19.9 Å². The number of fused-ring (bicyclic) bond motifs is 3. The largest absolute Gasteiger partial charge is 0.488 e. The van der Waals surface area contributed by atoms with Gasteiger partial charge in [-0.3, -0.25) is 0 Å². The summed E-state index contributed by atoms with van der Waals surface area (Å²) in [6.07, 6.45) is 9.34. The lowest BCUT2D eigenvalue weighted by Gasteiger charge is -2.21. The van der Waals surface area contributed by atoms with Gasteiger partial charge in [0.15, 0.2) is 18.0 Å². The number of anilines is 2. The average molecular weight is 607 g/mol. The van der Waals surface area contributed by atoms with Crippen molar-refractivity contribution < 1.29 is 9.15 Å². The van der Waals surface area contributed by atoms with Crippen LogP contribution in [0, 0.1) is 0 Å². The number of hydrogen-bond donors (Lipinski definition) is 2. The highest BCUT2D eigenvalue weighted by molar-refractivity contribution is 5.72. The molecular formula is C36H58N6O2. The molecule has 0 saturated carbocycles. The Bertz CT molecular complexity index is 1270. The summed E-state index contributed by atoms with van der Waals surface area (Å²) in [5.74, 6) is 4.48. The molecule has 8 heteroatoms. The predicted octanol–water partition coefficient (Wildman–Crippen LogP) is 10.00. The molecule has 2 N–H and O–H groups in total. The molecule has 4 aromatic rings. The molecule has 0 unspecified atom stereocenters. The zero-order chi connectivity index (χ0) is 33.1. The molecular weight excluding hydrogens is 548 g/mol. The van der Waals surface area contributed by atoms with Crippen molar-refractivity contribution in [3.8, 4) is 5.75 Å². The first-order valence-corrected chi connectivity index (χ1v) is 16.6. The van der Waals surface area contributed by atoms with Crippen molar-refractivity contribution >= 4 is 22.9 Å². The minimum absolute atomic E-state index is 0.459. The monoisotopic (exact) mass is 606 g/mol. The van der Waals surface area contributed by atoms with Crippen molar-refractivity contribution in [1.29, 1.82) is 0 Å². The van der Waals surface area contributed by atoms with Crippen LogP contribution in [0.1, 0.15) is 130 Å². The van der Waals surface area contributed by atoms with Gasteiger partial charge < -0.3 is 19.8 Å². The van der Waals surface area contributed by atoms with Gasteiger partial charge in [-0.15, -0.1) is 0 Å². The fourth-order valence-electron chi connectivity index (χ4n) is 4.71. The van der Waals surface area contributed by atoms with Crippen LogP contribution in [0.5, 0.6) is 5.75 Å². The SMILES string of the molecule is CC.CC.CC.CC(C)c1ccnc2c1CCCN2.CC(C)c1ccnc2c1OCCN2.CC(C)c1ccnc2ocnc12. The van der Waals surface area contributed by atoms with E-state index in [9.17, 15) is 0 Å². The number of aromatic nitrogens is 4. The number of ether oxygens (including phenoxy) is 1. The van der Waals surface area contributed by atoms with Crippen LogP contribution < -0.4 is 15.4 Å². The quantitative estimate of drug-likeness (QED) is 0.238. The summed E-state index contributed by atoms with van der Waals surface area (Å²) in [6, 6.07) is 6.16.